The molecule has 0 aliphatic rings. The summed E-state index contributed by atoms with van der Waals surface area (Å²) in [5.74, 6) is 0.221. The van der Waals surface area contributed by atoms with E-state index in [9.17, 15) is 9.90 Å². The number of halogens is 1. The minimum absolute atomic E-state index is 0.111. The first-order valence-electron chi connectivity index (χ1n) is 6.49. The summed E-state index contributed by atoms with van der Waals surface area (Å²) in [5.41, 5.74) is 0.151. The molecule has 0 fully saturated rings. The second kappa shape index (κ2) is 6.30. The van der Waals surface area contributed by atoms with E-state index in [4.69, 9.17) is 16.0 Å². The molecule has 3 nitrogen and oxygen atoms in total. The number of hydrogen-bond acceptors (Lipinski definition) is 4. The van der Waals surface area contributed by atoms with Crippen LogP contribution in [0.3, 0.4) is 0 Å². The fourth-order valence-electron chi connectivity index (χ4n) is 1.96. The van der Waals surface area contributed by atoms with E-state index in [-0.39, 0.29) is 10.6 Å². The average Bonchev–Trinajstić information content (AvgIpc) is 2.52. The lowest BCUT2D eigenvalue weighted by Crippen LogP contribution is -2.02. The van der Waals surface area contributed by atoms with Gasteiger partial charge in [-0.2, -0.15) is 0 Å². The Bertz CT molecular complexity index is 859. The van der Waals surface area contributed by atoms with E-state index in [2.05, 4.69) is 0 Å². The Labute approximate surface area is 136 Å². The van der Waals surface area contributed by atoms with Crippen LogP contribution >= 0.6 is 23.4 Å². The van der Waals surface area contributed by atoms with Crippen LogP contribution in [0.1, 0.15) is 0 Å². The van der Waals surface area contributed by atoms with Crippen molar-refractivity contribution in [1.29, 1.82) is 0 Å². The molecular formula is C17H11ClO3S. The zero-order valence-corrected chi connectivity index (χ0v) is 12.9. The summed E-state index contributed by atoms with van der Waals surface area (Å²) in [6, 6.07) is 17.6. The molecule has 0 saturated heterocycles. The SMILES string of the molecule is O=c1oc(-c2ccccc2)cc(O)c1Sc1cccc(Cl)c1. The average molecular weight is 331 g/mol. The van der Waals surface area contributed by atoms with Crippen molar-refractivity contribution in [2.75, 3.05) is 0 Å². The Hall–Kier alpha value is -2.17. The normalized spacial score (nSPS) is 10.6. The third kappa shape index (κ3) is 3.18. The van der Waals surface area contributed by atoms with Crippen molar-refractivity contribution >= 4 is 23.4 Å². The molecule has 110 valence electrons. The van der Waals surface area contributed by atoms with Gasteiger partial charge >= 0.3 is 5.63 Å². The van der Waals surface area contributed by atoms with E-state index in [1.165, 1.54) is 6.07 Å². The van der Waals surface area contributed by atoms with Gasteiger partial charge in [0.05, 0.1) is 0 Å². The summed E-state index contributed by atoms with van der Waals surface area (Å²) in [6.07, 6.45) is 0. The number of rotatable bonds is 3. The van der Waals surface area contributed by atoms with Gasteiger partial charge in [-0.3, -0.25) is 0 Å². The highest BCUT2D eigenvalue weighted by Crippen LogP contribution is 2.34. The Balaban J connectivity index is 1.99. The zero-order valence-electron chi connectivity index (χ0n) is 11.3. The van der Waals surface area contributed by atoms with Crippen molar-refractivity contribution in [2.24, 2.45) is 0 Å². The van der Waals surface area contributed by atoms with Crippen molar-refractivity contribution in [3.8, 4) is 17.1 Å². The van der Waals surface area contributed by atoms with Gasteiger partial charge in [0.25, 0.3) is 0 Å². The molecule has 1 N–H and O–H groups in total. The summed E-state index contributed by atoms with van der Waals surface area (Å²) in [6.45, 7) is 0. The zero-order chi connectivity index (χ0) is 15.5. The number of aromatic hydroxyl groups is 1. The Morgan fingerprint density at radius 2 is 1.77 bits per heavy atom. The molecule has 0 radical (unpaired) electrons. The first-order chi connectivity index (χ1) is 10.6. The first kappa shape index (κ1) is 14.8. The van der Waals surface area contributed by atoms with Crippen LogP contribution < -0.4 is 5.63 Å². The van der Waals surface area contributed by atoms with E-state index in [1.807, 2.05) is 30.3 Å². The van der Waals surface area contributed by atoms with Crippen molar-refractivity contribution in [3.05, 3.63) is 76.1 Å². The summed E-state index contributed by atoms with van der Waals surface area (Å²) in [7, 11) is 0. The smallest absolute Gasteiger partial charge is 0.354 e. The van der Waals surface area contributed by atoms with Gasteiger partial charge in [-0.25, -0.2) is 4.79 Å². The summed E-state index contributed by atoms with van der Waals surface area (Å²) >= 11 is 7.04. The molecule has 1 aromatic heterocycles. The van der Waals surface area contributed by atoms with E-state index in [1.54, 1.807) is 24.3 Å². The quantitative estimate of drug-likeness (QED) is 0.748. The molecule has 0 spiro atoms. The van der Waals surface area contributed by atoms with Crippen LogP contribution in [0, 0.1) is 0 Å². The Morgan fingerprint density at radius 3 is 2.45 bits per heavy atom. The predicted octanol–water partition coefficient (Wildman–Crippen LogP) is 4.82. The van der Waals surface area contributed by atoms with Crippen LogP contribution in [0.2, 0.25) is 5.02 Å². The van der Waals surface area contributed by atoms with Gasteiger partial charge in [-0.15, -0.1) is 0 Å². The fourth-order valence-corrected chi connectivity index (χ4v) is 3.07. The van der Waals surface area contributed by atoms with Gasteiger partial charge in [0.1, 0.15) is 16.4 Å². The molecule has 0 aliphatic heterocycles. The van der Waals surface area contributed by atoms with Crippen molar-refractivity contribution in [2.45, 2.75) is 9.79 Å². The van der Waals surface area contributed by atoms with Crippen LogP contribution in [-0.2, 0) is 0 Å². The third-order valence-electron chi connectivity index (χ3n) is 2.96. The standard InChI is InChI=1S/C17H11ClO3S/c18-12-7-4-8-13(9-12)22-16-14(19)10-15(21-17(16)20)11-5-2-1-3-6-11/h1-10,19H. The molecule has 0 aliphatic carbocycles. The van der Waals surface area contributed by atoms with Gasteiger partial charge in [0, 0.05) is 21.5 Å². The van der Waals surface area contributed by atoms with Gasteiger partial charge < -0.3 is 9.52 Å². The minimum Gasteiger partial charge on any atom is -0.506 e. The van der Waals surface area contributed by atoms with Crippen LogP contribution in [0.15, 0.2) is 79.7 Å². The topological polar surface area (TPSA) is 50.4 Å². The Kier molecular flexibility index (Phi) is 4.22. The maximum atomic E-state index is 12.1. The molecule has 1 heterocycles. The molecule has 0 atom stereocenters. The molecule has 3 rings (SSSR count). The summed E-state index contributed by atoms with van der Waals surface area (Å²) in [5, 5.41) is 10.7. The van der Waals surface area contributed by atoms with Crippen LogP contribution in [0.4, 0.5) is 0 Å². The molecule has 2 aromatic carbocycles. The maximum Gasteiger partial charge on any atom is 0.354 e. The van der Waals surface area contributed by atoms with Crippen LogP contribution in [-0.4, -0.2) is 5.11 Å². The van der Waals surface area contributed by atoms with Crippen LogP contribution in [0.25, 0.3) is 11.3 Å². The molecule has 0 amide bonds. The minimum atomic E-state index is -0.580. The summed E-state index contributed by atoms with van der Waals surface area (Å²) in [4.78, 5) is 13.0. The predicted molar refractivity (Wildman–Crippen MR) is 87.7 cm³/mol. The largest absolute Gasteiger partial charge is 0.506 e. The summed E-state index contributed by atoms with van der Waals surface area (Å²) < 4.78 is 5.31. The van der Waals surface area contributed by atoms with E-state index < -0.39 is 5.63 Å². The van der Waals surface area contributed by atoms with Gasteiger partial charge in [-0.05, 0) is 18.2 Å². The number of benzene rings is 2. The van der Waals surface area contributed by atoms with E-state index >= 15 is 0 Å². The lowest BCUT2D eigenvalue weighted by molar-refractivity contribution is 0.430. The molecule has 3 aromatic rings. The highest BCUT2D eigenvalue weighted by molar-refractivity contribution is 7.99. The lowest BCUT2D eigenvalue weighted by atomic mass is 10.1. The van der Waals surface area contributed by atoms with Crippen LogP contribution in [0.5, 0.6) is 5.75 Å². The van der Waals surface area contributed by atoms with Crippen molar-refractivity contribution in [1.82, 2.24) is 0 Å². The van der Waals surface area contributed by atoms with Gasteiger partial charge in [-0.1, -0.05) is 59.8 Å². The molecule has 22 heavy (non-hydrogen) atoms. The molecular weight excluding hydrogens is 320 g/mol. The second-order valence-electron chi connectivity index (χ2n) is 4.54. The molecule has 0 unspecified atom stereocenters. The van der Waals surface area contributed by atoms with Crippen molar-refractivity contribution in [3.63, 3.8) is 0 Å². The third-order valence-corrected chi connectivity index (χ3v) is 4.27. The molecule has 0 saturated carbocycles. The fraction of sp³-hybridized carbons (Fsp3) is 0. The van der Waals surface area contributed by atoms with E-state index in [0.717, 1.165) is 22.2 Å². The van der Waals surface area contributed by atoms with E-state index in [0.29, 0.717) is 10.8 Å². The molecule has 5 heteroatoms. The van der Waals surface area contributed by atoms with Gasteiger partial charge in [0.2, 0.25) is 0 Å². The van der Waals surface area contributed by atoms with Gasteiger partial charge in [0.15, 0.2) is 0 Å². The maximum absolute atomic E-state index is 12.1. The number of hydrogen-bond donors (Lipinski definition) is 1. The monoisotopic (exact) mass is 330 g/mol. The first-order valence-corrected chi connectivity index (χ1v) is 7.69. The Morgan fingerprint density at radius 1 is 1.00 bits per heavy atom. The highest BCUT2D eigenvalue weighted by atomic mass is 35.5. The lowest BCUT2D eigenvalue weighted by Gasteiger charge is -2.06. The second-order valence-corrected chi connectivity index (χ2v) is 6.06. The molecule has 0 bridgehead atoms. The highest BCUT2D eigenvalue weighted by Gasteiger charge is 2.14. The van der Waals surface area contributed by atoms with Crippen molar-refractivity contribution < 1.29 is 9.52 Å².